The smallest absolute Gasteiger partial charge is 0.159 e. The van der Waals surface area contributed by atoms with Crippen molar-refractivity contribution in [3.8, 4) is 22.8 Å². The molecule has 0 fully saturated rings. The van der Waals surface area contributed by atoms with Crippen molar-refractivity contribution in [1.29, 1.82) is 0 Å². The van der Waals surface area contributed by atoms with Crippen LogP contribution in [0.25, 0.3) is 44.7 Å². The first-order valence-electron chi connectivity index (χ1n) is 10.3. The Labute approximate surface area is 178 Å². The third-order valence-electron chi connectivity index (χ3n) is 5.16. The number of nitrogens with zero attached hydrogens (tertiary/aromatic N) is 5. The van der Waals surface area contributed by atoms with Crippen LogP contribution in [0.3, 0.4) is 0 Å². The van der Waals surface area contributed by atoms with E-state index in [1.807, 2.05) is 18.2 Å². The van der Waals surface area contributed by atoms with Crippen molar-refractivity contribution in [2.75, 3.05) is 5.32 Å². The Morgan fingerprint density at radius 3 is 2.90 bits per heavy atom. The van der Waals surface area contributed by atoms with E-state index in [4.69, 9.17) is 0 Å². The number of hydrogen-bond donors (Lipinski definition) is 4. The molecule has 0 aromatic carbocycles. The molecule has 0 radical (unpaired) electrons. The van der Waals surface area contributed by atoms with Crippen LogP contribution >= 0.6 is 0 Å². The average Bonchev–Trinajstić information content (AvgIpc) is 3.41. The molecule has 9 nitrogen and oxygen atoms in total. The van der Waals surface area contributed by atoms with Gasteiger partial charge in [-0.25, -0.2) is 4.98 Å². The fourth-order valence-electron chi connectivity index (χ4n) is 3.55. The summed E-state index contributed by atoms with van der Waals surface area (Å²) in [5.74, 6) is 0.666. The molecular formula is C22H22N8O. The van der Waals surface area contributed by atoms with E-state index in [1.165, 1.54) is 0 Å². The minimum absolute atomic E-state index is 0.601. The van der Waals surface area contributed by atoms with Gasteiger partial charge >= 0.3 is 0 Å². The number of aromatic amines is 2. The molecule has 0 spiro atoms. The second-order valence-electron chi connectivity index (χ2n) is 7.43. The lowest BCUT2D eigenvalue weighted by Crippen LogP contribution is -2.18. The van der Waals surface area contributed by atoms with Gasteiger partial charge in [0.15, 0.2) is 5.82 Å². The molecule has 1 atom stereocenters. The molecule has 5 aromatic heterocycles. The number of fused-ring (bicyclic) bond motifs is 2. The first-order valence-corrected chi connectivity index (χ1v) is 10.3. The highest BCUT2D eigenvalue weighted by molar-refractivity contribution is 5.94. The number of rotatable bonds is 7. The van der Waals surface area contributed by atoms with Gasteiger partial charge < -0.3 is 15.4 Å². The fourth-order valence-corrected chi connectivity index (χ4v) is 3.55. The maximum Gasteiger partial charge on any atom is 0.159 e. The summed E-state index contributed by atoms with van der Waals surface area (Å²) in [6.07, 6.45) is 10.7. The summed E-state index contributed by atoms with van der Waals surface area (Å²) >= 11 is 0. The van der Waals surface area contributed by atoms with Crippen LogP contribution in [-0.2, 0) is 0 Å². The molecule has 4 N–H and O–H groups in total. The van der Waals surface area contributed by atoms with Gasteiger partial charge in [0, 0.05) is 23.3 Å². The molecule has 0 saturated heterocycles. The maximum atomic E-state index is 10.1. The molecule has 5 aromatic rings. The fraction of sp³-hybridized carbons (Fsp3) is 0.227. The normalized spacial score (nSPS) is 12.5. The van der Waals surface area contributed by atoms with Gasteiger partial charge in [-0.15, -0.1) is 0 Å². The number of anilines is 1. The number of aliphatic hydroxyl groups excluding tert-OH is 1. The lowest BCUT2D eigenvalue weighted by Gasteiger charge is -2.14. The Hall–Kier alpha value is -3.85. The van der Waals surface area contributed by atoms with E-state index in [0.717, 1.165) is 51.7 Å². The van der Waals surface area contributed by atoms with Crippen molar-refractivity contribution in [2.24, 2.45) is 0 Å². The summed E-state index contributed by atoms with van der Waals surface area (Å²) in [5.41, 5.74) is 5.57. The molecule has 0 bridgehead atoms. The largest absolute Gasteiger partial charge is 0.374 e. The highest BCUT2D eigenvalue weighted by Crippen LogP contribution is 2.29. The summed E-state index contributed by atoms with van der Waals surface area (Å²) in [6, 6.07) is 5.78. The molecule has 0 aliphatic rings. The molecule has 5 rings (SSSR count). The number of aromatic nitrogens is 7. The molecule has 5 heterocycles. The zero-order chi connectivity index (χ0) is 21.2. The number of nitrogens with one attached hydrogen (secondary N) is 3. The molecule has 0 saturated carbocycles. The van der Waals surface area contributed by atoms with Crippen molar-refractivity contribution in [2.45, 2.75) is 32.4 Å². The van der Waals surface area contributed by atoms with E-state index in [1.54, 1.807) is 31.0 Å². The van der Waals surface area contributed by atoms with E-state index in [9.17, 15) is 5.11 Å². The van der Waals surface area contributed by atoms with Crippen molar-refractivity contribution >= 4 is 27.6 Å². The SMILES string of the molecule is CCCCC(O)Nc1cncc(-c2cc3c(-c4nc5cnccc5[nH]4)n[nH]c3cn2)c1. The van der Waals surface area contributed by atoms with Gasteiger partial charge in [-0.05, 0) is 31.0 Å². The first kappa shape index (κ1) is 19.1. The minimum atomic E-state index is -0.601. The third kappa shape index (κ3) is 3.82. The van der Waals surface area contributed by atoms with E-state index in [2.05, 4.69) is 47.4 Å². The van der Waals surface area contributed by atoms with Crippen LogP contribution in [0.15, 0.2) is 49.2 Å². The molecule has 0 amide bonds. The molecule has 156 valence electrons. The number of imidazole rings is 1. The average molecular weight is 414 g/mol. The molecule has 0 aliphatic carbocycles. The van der Waals surface area contributed by atoms with Crippen molar-refractivity contribution in [1.82, 2.24) is 35.1 Å². The predicted molar refractivity (Wildman–Crippen MR) is 119 cm³/mol. The van der Waals surface area contributed by atoms with Gasteiger partial charge in [0.1, 0.15) is 17.4 Å². The highest BCUT2D eigenvalue weighted by atomic mass is 16.3. The molecule has 1 unspecified atom stereocenters. The van der Waals surface area contributed by atoms with Crippen LogP contribution in [-0.4, -0.2) is 46.5 Å². The summed E-state index contributed by atoms with van der Waals surface area (Å²) < 4.78 is 0. The second kappa shape index (κ2) is 8.11. The molecule has 9 heteroatoms. The van der Waals surface area contributed by atoms with Crippen LogP contribution in [0.4, 0.5) is 5.69 Å². The number of hydrogen-bond acceptors (Lipinski definition) is 7. The molecule has 31 heavy (non-hydrogen) atoms. The van der Waals surface area contributed by atoms with Gasteiger partial charge in [0.2, 0.25) is 0 Å². The minimum Gasteiger partial charge on any atom is -0.374 e. The monoisotopic (exact) mass is 414 g/mol. The van der Waals surface area contributed by atoms with Crippen LogP contribution < -0.4 is 5.32 Å². The third-order valence-corrected chi connectivity index (χ3v) is 5.16. The Morgan fingerprint density at radius 2 is 2.03 bits per heavy atom. The highest BCUT2D eigenvalue weighted by Gasteiger charge is 2.15. The Bertz CT molecular complexity index is 1310. The van der Waals surface area contributed by atoms with Gasteiger partial charge in [-0.3, -0.25) is 20.1 Å². The van der Waals surface area contributed by atoms with Gasteiger partial charge in [0.25, 0.3) is 0 Å². The zero-order valence-electron chi connectivity index (χ0n) is 17.0. The summed E-state index contributed by atoms with van der Waals surface area (Å²) in [6.45, 7) is 2.10. The van der Waals surface area contributed by atoms with E-state index in [0.29, 0.717) is 17.9 Å². The van der Waals surface area contributed by atoms with Crippen LogP contribution in [0, 0.1) is 0 Å². The van der Waals surface area contributed by atoms with Gasteiger partial charge in [-0.2, -0.15) is 5.10 Å². The number of pyridine rings is 3. The Kier molecular flexibility index (Phi) is 5.01. The van der Waals surface area contributed by atoms with E-state index < -0.39 is 6.23 Å². The van der Waals surface area contributed by atoms with Crippen LogP contribution in [0.1, 0.15) is 26.2 Å². The van der Waals surface area contributed by atoms with Crippen molar-refractivity contribution in [3.63, 3.8) is 0 Å². The Balaban J connectivity index is 1.49. The number of unbranched alkanes of at least 4 members (excludes halogenated alkanes) is 1. The van der Waals surface area contributed by atoms with E-state index >= 15 is 0 Å². The second-order valence-corrected chi connectivity index (χ2v) is 7.43. The summed E-state index contributed by atoms with van der Waals surface area (Å²) in [5, 5.41) is 21.6. The van der Waals surface area contributed by atoms with Gasteiger partial charge in [0.05, 0.1) is 41.0 Å². The maximum absolute atomic E-state index is 10.1. The first-order chi connectivity index (χ1) is 15.2. The molecular weight excluding hydrogens is 392 g/mol. The quantitative estimate of drug-likeness (QED) is 0.298. The lowest BCUT2D eigenvalue weighted by atomic mass is 10.1. The number of aliphatic hydroxyl groups is 1. The van der Waals surface area contributed by atoms with Crippen LogP contribution in [0.5, 0.6) is 0 Å². The van der Waals surface area contributed by atoms with Crippen molar-refractivity contribution < 1.29 is 5.11 Å². The van der Waals surface area contributed by atoms with Gasteiger partial charge in [-0.1, -0.05) is 13.3 Å². The summed E-state index contributed by atoms with van der Waals surface area (Å²) in [4.78, 5) is 20.9. The summed E-state index contributed by atoms with van der Waals surface area (Å²) in [7, 11) is 0. The zero-order valence-corrected chi connectivity index (χ0v) is 17.0. The van der Waals surface area contributed by atoms with Crippen molar-refractivity contribution in [3.05, 3.63) is 49.2 Å². The standard InChI is InChI=1S/C22H22N8O/c1-2-3-4-20(31)26-14-7-13(9-24-10-14)17-8-15-18(12-25-17)29-30-21(15)22-27-16-5-6-23-11-19(16)28-22/h5-12,20,26,31H,2-4H2,1H3,(H,27,28)(H,29,30). The van der Waals surface area contributed by atoms with E-state index in [-0.39, 0.29) is 0 Å². The lowest BCUT2D eigenvalue weighted by molar-refractivity contribution is 0.190. The molecule has 0 aliphatic heterocycles. The van der Waals surface area contributed by atoms with Crippen LogP contribution in [0.2, 0.25) is 0 Å². The topological polar surface area (TPSA) is 128 Å². The predicted octanol–water partition coefficient (Wildman–Crippen LogP) is 3.88. The Morgan fingerprint density at radius 1 is 1.10 bits per heavy atom. The number of H-pyrrole nitrogens is 2.